The van der Waals surface area contributed by atoms with E-state index in [0.717, 1.165) is 23.0 Å². The molecule has 4 nitrogen and oxygen atoms in total. The summed E-state index contributed by atoms with van der Waals surface area (Å²) >= 11 is 5.12. The predicted octanol–water partition coefficient (Wildman–Crippen LogP) is 2.35. The van der Waals surface area contributed by atoms with Crippen LogP contribution < -0.4 is 11.1 Å². The van der Waals surface area contributed by atoms with E-state index in [1.807, 2.05) is 18.7 Å². The molecule has 1 aliphatic rings. The number of thiocarbonyl (C=S) groups is 1. The highest BCUT2D eigenvalue weighted by Gasteiger charge is 2.22. The van der Waals surface area contributed by atoms with Gasteiger partial charge in [0, 0.05) is 13.1 Å². The molecule has 0 atom stereocenters. The maximum absolute atomic E-state index is 5.79. The molecule has 0 saturated heterocycles. The summed E-state index contributed by atoms with van der Waals surface area (Å²) in [7, 11) is 1.93. The van der Waals surface area contributed by atoms with Crippen LogP contribution >= 0.6 is 12.2 Å². The number of hydrogen-bond donors (Lipinski definition) is 2. The third kappa shape index (κ3) is 2.66. The zero-order valence-electron chi connectivity index (χ0n) is 11.4. The maximum atomic E-state index is 5.79. The Hall–Kier alpha value is -1.10. The lowest BCUT2D eigenvalue weighted by Gasteiger charge is -2.28. The molecular formula is C13H22N4S. The third-order valence-electron chi connectivity index (χ3n) is 3.83. The van der Waals surface area contributed by atoms with Crippen molar-refractivity contribution in [3.05, 3.63) is 11.3 Å². The van der Waals surface area contributed by atoms with E-state index < -0.39 is 0 Å². The van der Waals surface area contributed by atoms with Crippen molar-refractivity contribution in [2.24, 2.45) is 18.7 Å². The van der Waals surface area contributed by atoms with Crippen LogP contribution in [-0.2, 0) is 7.05 Å². The third-order valence-corrected chi connectivity index (χ3v) is 4.03. The highest BCUT2D eigenvalue weighted by Crippen LogP contribution is 2.27. The molecule has 0 aromatic carbocycles. The molecule has 1 aromatic heterocycles. The van der Waals surface area contributed by atoms with Crippen molar-refractivity contribution in [2.75, 3.05) is 5.32 Å². The standard InChI is InChI=1S/C13H22N4S/c1-8-4-6-10(7-5-8)15-13-11(12(14)18)9(2)16-17(13)3/h8,10,15H,4-7H2,1-3H3,(H2,14,18). The van der Waals surface area contributed by atoms with Crippen LogP contribution in [0.1, 0.15) is 43.9 Å². The molecule has 0 spiro atoms. The average Bonchev–Trinajstić information content (AvgIpc) is 2.57. The predicted molar refractivity (Wildman–Crippen MR) is 78.9 cm³/mol. The van der Waals surface area contributed by atoms with Gasteiger partial charge in [-0.3, -0.25) is 4.68 Å². The second-order valence-corrected chi connectivity index (χ2v) is 5.84. The van der Waals surface area contributed by atoms with Gasteiger partial charge in [0.05, 0.1) is 11.3 Å². The molecule has 18 heavy (non-hydrogen) atoms. The molecular weight excluding hydrogens is 244 g/mol. The highest BCUT2D eigenvalue weighted by molar-refractivity contribution is 7.80. The Morgan fingerprint density at radius 2 is 2.00 bits per heavy atom. The topological polar surface area (TPSA) is 55.9 Å². The fourth-order valence-electron chi connectivity index (χ4n) is 2.72. The molecule has 0 aliphatic heterocycles. The number of aryl methyl sites for hydroxylation is 2. The van der Waals surface area contributed by atoms with Crippen LogP contribution in [-0.4, -0.2) is 20.8 Å². The van der Waals surface area contributed by atoms with E-state index in [1.165, 1.54) is 25.7 Å². The molecule has 1 heterocycles. The smallest absolute Gasteiger partial charge is 0.134 e. The number of hydrogen-bond acceptors (Lipinski definition) is 3. The van der Waals surface area contributed by atoms with Gasteiger partial charge in [0.2, 0.25) is 0 Å². The number of nitrogens with one attached hydrogen (secondary N) is 1. The lowest BCUT2D eigenvalue weighted by atomic mass is 9.87. The molecule has 3 N–H and O–H groups in total. The van der Waals surface area contributed by atoms with Crippen LogP contribution in [0.25, 0.3) is 0 Å². The van der Waals surface area contributed by atoms with Crippen LogP contribution in [0.3, 0.4) is 0 Å². The minimum Gasteiger partial charge on any atom is -0.389 e. The van der Waals surface area contributed by atoms with Gasteiger partial charge in [-0.15, -0.1) is 0 Å². The van der Waals surface area contributed by atoms with Crippen molar-refractivity contribution >= 4 is 23.0 Å². The number of anilines is 1. The minimum absolute atomic E-state index is 0.423. The normalized spacial score (nSPS) is 23.9. The number of rotatable bonds is 3. The molecule has 1 aromatic rings. The van der Waals surface area contributed by atoms with Gasteiger partial charge in [-0.05, 0) is 38.5 Å². The number of nitrogens with two attached hydrogens (primary N) is 1. The van der Waals surface area contributed by atoms with Gasteiger partial charge in [0.15, 0.2) is 0 Å². The van der Waals surface area contributed by atoms with Crippen molar-refractivity contribution in [3.8, 4) is 0 Å². The van der Waals surface area contributed by atoms with Gasteiger partial charge in [0.1, 0.15) is 10.8 Å². The molecule has 1 fully saturated rings. The van der Waals surface area contributed by atoms with Crippen LogP contribution in [0.2, 0.25) is 0 Å². The summed E-state index contributed by atoms with van der Waals surface area (Å²) < 4.78 is 1.85. The fourth-order valence-corrected chi connectivity index (χ4v) is 2.96. The number of nitrogens with zero attached hydrogens (tertiary/aromatic N) is 2. The van der Waals surface area contributed by atoms with Crippen LogP contribution in [0.4, 0.5) is 5.82 Å². The molecule has 100 valence electrons. The van der Waals surface area contributed by atoms with Crippen LogP contribution in [0.15, 0.2) is 0 Å². The molecule has 0 amide bonds. The first-order valence-electron chi connectivity index (χ1n) is 6.59. The average molecular weight is 266 g/mol. The second kappa shape index (κ2) is 5.26. The second-order valence-electron chi connectivity index (χ2n) is 5.40. The first kappa shape index (κ1) is 13.3. The van der Waals surface area contributed by atoms with Gasteiger partial charge >= 0.3 is 0 Å². The molecule has 5 heteroatoms. The van der Waals surface area contributed by atoms with Crippen LogP contribution in [0, 0.1) is 12.8 Å². The van der Waals surface area contributed by atoms with E-state index in [4.69, 9.17) is 18.0 Å². The SMILES string of the molecule is Cc1nn(C)c(NC2CCC(C)CC2)c1C(N)=S. The Bertz CT molecular complexity index is 444. The van der Waals surface area contributed by atoms with Gasteiger partial charge in [0.25, 0.3) is 0 Å². The van der Waals surface area contributed by atoms with Crippen molar-refractivity contribution in [3.63, 3.8) is 0 Å². The van der Waals surface area contributed by atoms with Gasteiger partial charge < -0.3 is 11.1 Å². The largest absolute Gasteiger partial charge is 0.389 e. The Labute approximate surface area is 114 Å². The van der Waals surface area contributed by atoms with Crippen LogP contribution in [0.5, 0.6) is 0 Å². The molecule has 0 unspecified atom stereocenters. The molecule has 1 aliphatic carbocycles. The van der Waals surface area contributed by atoms with E-state index in [0.29, 0.717) is 11.0 Å². The maximum Gasteiger partial charge on any atom is 0.134 e. The zero-order chi connectivity index (χ0) is 13.3. The van der Waals surface area contributed by atoms with Crippen molar-refractivity contribution in [1.82, 2.24) is 9.78 Å². The van der Waals surface area contributed by atoms with Crippen molar-refractivity contribution in [2.45, 2.75) is 45.6 Å². The van der Waals surface area contributed by atoms with E-state index in [9.17, 15) is 0 Å². The summed E-state index contributed by atoms with van der Waals surface area (Å²) in [4.78, 5) is 0.423. The first-order chi connectivity index (χ1) is 8.49. The molecule has 1 saturated carbocycles. The minimum atomic E-state index is 0.423. The fraction of sp³-hybridized carbons (Fsp3) is 0.692. The molecule has 0 bridgehead atoms. The van der Waals surface area contributed by atoms with E-state index in [2.05, 4.69) is 17.3 Å². The Morgan fingerprint density at radius 1 is 1.39 bits per heavy atom. The highest BCUT2D eigenvalue weighted by atomic mass is 32.1. The lowest BCUT2D eigenvalue weighted by molar-refractivity contribution is 0.360. The Kier molecular flexibility index (Phi) is 3.90. The first-order valence-corrected chi connectivity index (χ1v) is 6.99. The summed E-state index contributed by atoms with van der Waals surface area (Å²) in [6, 6.07) is 0.518. The molecule has 2 rings (SSSR count). The summed E-state index contributed by atoms with van der Waals surface area (Å²) in [5.41, 5.74) is 7.59. The van der Waals surface area contributed by atoms with Crippen molar-refractivity contribution < 1.29 is 0 Å². The van der Waals surface area contributed by atoms with Gasteiger partial charge in [-0.1, -0.05) is 19.1 Å². The Balaban J connectivity index is 2.16. The van der Waals surface area contributed by atoms with Gasteiger partial charge in [-0.25, -0.2) is 0 Å². The lowest BCUT2D eigenvalue weighted by Crippen LogP contribution is -2.27. The van der Waals surface area contributed by atoms with E-state index in [1.54, 1.807) is 0 Å². The van der Waals surface area contributed by atoms with E-state index >= 15 is 0 Å². The summed E-state index contributed by atoms with van der Waals surface area (Å²) in [5.74, 6) is 1.82. The Morgan fingerprint density at radius 3 is 2.56 bits per heavy atom. The van der Waals surface area contributed by atoms with Gasteiger partial charge in [-0.2, -0.15) is 5.10 Å². The van der Waals surface area contributed by atoms with Crippen molar-refractivity contribution in [1.29, 1.82) is 0 Å². The number of aromatic nitrogens is 2. The summed E-state index contributed by atoms with van der Waals surface area (Å²) in [5, 5.41) is 7.97. The molecule has 0 radical (unpaired) electrons. The van der Waals surface area contributed by atoms with E-state index in [-0.39, 0.29) is 0 Å². The summed E-state index contributed by atoms with van der Waals surface area (Å²) in [6.45, 7) is 4.27. The summed E-state index contributed by atoms with van der Waals surface area (Å²) in [6.07, 6.45) is 5.00. The quantitative estimate of drug-likeness (QED) is 0.825. The monoisotopic (exact) mass is 266 g/mol. The zero-order valence-corrected chi connectivity index (χ0v) is 12.2.